The number of nitrogens with zero attached hydrogens (tertiary/aromatic N) is 3. The molecule has 1 N–H and O–H groups in total. The van der Waals surface area contributed by atoms with Crippen molar-refractivity contribution in [1.82, 2.24) is 19.4 Å². The number of ether oxygens (including phenoxy) is 2. The fraction of sp³-hybridized carbons (Fsp3) is 0.259. The molecule has 2 aromatic carbocycles. The number of rotatable bonds is 8. The lowest BCUT2D eigenvalue weighted by atomic mass is 9.92. The number of carbonyl (C=O) groups is 1. The van der Waals surface area contributed by atoms with Crippen molar-refractivity contribution in [3.8, 4) is 5.75 Å². The zero-order chi connectivity index (χ0) is 24.2. The molecule has 8 heteroatoms. The van der Waals surface area contributed by atoms with Crippen LogP contribution in [-0.2, 0) is 17.7 Å². The Labute approximate surface area is 208 Å². The van der Waals surface area contributed by atoms with Crippen LogP contribution in [0.2, 0.25) is 5.02 Å². The molecule has 2 aromatic heterocycles. The minimum atomic E-state index is -0.364. The lowest BCUT2D eigenvalue weighted by molar-refractivity contribution is 0.0979. The summed E-state index contributed by atoms with van der Waals surface area (Å²) in [6.07, 6.45) is 8.32. The van der Waals surface area contributed by atoms with Crippen LogP contribution >= 0.6 is 11.6 Å². The van der Waals surface area contributed by atoms with Gasteiger partial charge in [-0.15, -0.1) is 0 Å². The highest BCUT2D eigenvalue weighted by molar-refractivity contribution is 6.31. The Morgan fingerprint density at radius 3 is 2.89 bits per heavy atom. The van der Waals surface area contributed by atoms with Crippen molar-refractivity contribution >= 4 is 28.6 Å². The Morgan fingerprint density at radius 1 is 1.26 bits per heavy atom. The van der Waals surface area contributed by atoms with Gasteiger partial charge in [0.2, 0.25) is 0 Å². The van der Waals surface area contributed by atoms with Gasteiger partial charge in [0, 0.05) is 47.1 Å². The molecule has 0 spiro atoms. The molecule has 180 valence electrons. The normalized spacial score (nSPS) is 15.1. The van der Waals surface area contributed by atoms with Crippen molar-refractivity contribution in [2.24, 2.45) is 0 Å². The maximum atomic E-state index is 12.9. The number of nitrogens with one attached hydrogen (secondary N) is 1. The molecule has 5 rings (SSSR count). The first-order valence-electron chi connectivity index (χ1n) is 11.7. The lowest BCUT2D eigenvalue weighted by Gasteiger charge is -2.35. The van der Waals surface area contributed by atoms with Crippen LogP contribution in [0.15, 0.2) is 73.8 Å². The molecule has 1 aliphatic rings. The van der Waals surface area contributed by atoms with Crippen molar-refractivity contribution < 1.29 is 14.3 Å². The first kappa shape index (κ1) is 23.1. The van der Waals surface area contributed by atoms with E-state index in [2.05, 4.69) is 16.5 Å². The molecule has 3 heterocycles. The average Bonchev–Trinajstić information content (AvgIpc) is 3.52. The third-order valence-corrected chi connectivity index (χ3v) is 6.47. The maximum absolute atomic E-state index is 12.9. The smallest absolute Gasteiger partial charge is 0.410 e. The van der Waals surface area contributed by atoms with Crippen LogP contribution in [0, 0.1) is 0 Å². The summed E-state index contributed by atoms with van der Waals surface area (Å²) in [5.41, 5.74) is 4.15. The Bertz CT molecular complexity index is 1310. The number of imidazole rings is 1. The molecule has 0 saturated heterocycles. The number of amides is 1. The number of carbonyl (C=O) groups excluding carboxylic acids is 1. The highest BCUT2D eigenvalue weighted by atomic mass is 35.5. The first-order valence-corrected chi connectivity index (χ1v) is 12.0. The van der Waals surface area contributed by atoms with Crippen LogP contribution in [0.1, 0.15) is 29.3 Å². The minimum Gasteiger partial charge on any atom is -0.494 e. The summed E-state index contributed by atoms with van der Waals surface area (Å²) in [5.74, 6) is 0.791. The van der Waals surface area contributed by atoms with Gasteiger partial charge in [-0.25, -0.2) is 9.78 Å². The molecule has 1 unspecified atom stereocenters. The van der Waals surface area contributed by atoms with E-state index in [9.17, 15) is 4.79 Å². The van der Waals surface area contributed by atoms with E-state index in [1.54, 1.807) is 23.5 Å². The Kier molecular flexibility index (Phi) is 6.77. The van der Waals surface area contributed by atoms with Crippen LogP contribution in [0.4, 0.5) is 4.79 Å². The molecule has 0 radical (unpaired) electrons. The van der Waals surface area contributed by atoms with Gasteiger partial charge >= 0.3 is 6.09 Å². The minimum absolute atomic E-state index is 0.170. The van der Waals surface area contributed by atoms with Gasteiger partial charge in [-0.1, -0.05) is 36.4 Å². The number of fused-ring (bicyclic) bond motifs is 3. The van der Waals surface area contributed by atoms with E-state index in [4.69, 9.17) is 21.1 Å². The second-order valence-corrected chi connectivity index (χ2v) is 8.93. The highest BCUT2D eigenvalue weighted by Crippen LogP contribution is 2.39. The summed E-state index contributed by atoms with van der Waals surface area (Å²) < 4.78 is 13.4. The monoisotopic (exact) mass is 490 g/mol. The van der Waals surface area contributed by atoms with E-state index < -0.39 is 0 Å². The zero-order valence-electron chi connectivity index (χ0n) is 19.3. The largest absolute Gasteiger partial charge is 0.494 e. The lowest BCUT2D eigenvalue weighted by Crippen LogP contribution is -2.41. The number of hydrogen-bond donors (Lipinski definition) is 1. The van der Waals surface area contributed by atoms with Gasteiger partial charge in [-0.2, -0.15) is 0 Å². The number of aryl methyl sites for hydroxylation is 1. The summed E-state index contributed by atoms with van der Waals surface area (Å²) in [4.78, 5) is 22.3. The van der Waals surface area contributed by atoms with Crippen LogP contribution in [0.5, 0.6) is 5.75 Å². The first-order chi connectivity index (χ1) is 17.1. The van der Waals surface area contributed by atoms with Gasteiger partial charge in [0.15, 0.2) is 0 Å². The second kappa shape index (κ2) is 10.3. The summed E-state index contributed by atoms with van der Waals surface area (Å²) in [5, 5.41) is 1.78. The topological polar surface area (TPSA) is 72.4 Å². The van der Waals surface area contributed by atoms with E-state index in [0.717, 1.165) is 40.9 Å². The molecule has 0 saturated carbocycles. The molecule has 1 aliphatic heterocycles. The predicted octanol–water partition coefficient (Wildman–Crippen LogP) is 5.76. The standard InChI is InChI=1S/C27H27ClN4O3/c1-2-15-35-27(33)32-13-10-22-23-17-20(28)6-9-24(23)30-25(22)26(32)19-4-7-21(8-5-19)34-16-3-12-31-14-11-29-18-31/h2,4-9,11,14,17-18,26,30H,1,3,10,12-13,15-16H2. The van der Waals surface area contributed by atoms with Crippen LogP contribution < -0.4 is 4.74 Å². The van der Waals surface area contributed by atoms with E-state index in [1.165, 1.54) is 5.56 Å². The fourth-order valence-corrected chi connectivity index (χ4v) is 4.79. The summed E-state index contributed by atoms with van der Waals surface area (Å²) >= 11 is 6.28. The van der Waals surface area contributed by atoms with Crippen molar-refractivity contribution in [2.45, 2.75) is 25.4 Å². The fourth-order valence-electron chi connectivity index (χ4n) is 4.62. The molecule has 1 amide bonds. The molecule has 0 bridgehead atoms. The SMILES string of the molecule is C=CCOC(=O)N1CCc2c([nH]c3ccc(Cl)cc23)C1c1ccc(OCCCn2ccnc2)cc1. The summed E-state index contributed by atoms with van der Waals surface area (Å²) in [6, 6.07) is 13.5. The van der Waals surface area contributed by atoms with Crippen molar-refractivity contribution in [1.29, 1.82) is 0 Å². The number of aromatic nitrogens is 3. The molecule has 7 nitrogen and oxygen atoms in total. The van der Waals surface area contributed by atoms with Gasteiger partial charge in [0.05, 0.1) is 12.9 Å². The van der Waals surface area contributed by atoms with Crippen LogP contribution in [0.3, 0.4) is 0 Å². The average molecular weight is 491 g/mol. The molecule has 35 heavy (non-hydrogen) atoms. The van der Waals surface area contributed by atoms with Gasteiger partial charge < -0.3 is 19.0 Å². The van der Waals surface area contributed by atoms with Gasteiger partial charge in [-0.05, 0) is 54.3 Å². The second-order valence-electron chi connectivity index (χ2n) is 8.49. The maximum Gasteiger partial charge on any atom is 0.410 e. The quantitative estimate of drug-likeness (QED) is 0.252. The predicted molar refractivity (Wildman–Crippen MR) is 136 cm³/mol. The van der Waals surface area contributed by atoms with Crippen LogP contribution in [0.25, 0.3) is 10.9 Å². The van der Waals surface area contributed by atoms with Gasteiger partial charge in [-0.3, -0.25) is 4.90 Å². The van der Waals surface area contributed by atoms with E-state index in [-0.39, 0.29) is 18.7 Å². The third-order valence-electron chi connectivity index (χ3n) is 6.23. The molecule has 4 aromatic rings. The molecular formula is C27H27ClN4O3. The Morgan fingerprint density at radius 2 is 2.11 bits per heavy atom. The third kappa shape index (κ3) is 4.91. The van der Waals surface area contributed by atoms with Gasteiger partial charge in [0.1, 0.15) is 18.4 Å². The Hall–Kier alpha value is -3.71. The highest BCUT2D eigenvalue weighted by Gasteiger charge is 2.35. The van der Waals surface area contributed by atoms with E-state index in [1.807, 2.05) is 53.2 Å². The molecule has 0 aliphatic carbocycles. The number of aromatic amines is 1. The van der Waals surface area contributed by atoms with E-state index in [0.29, 0.717) is 24.6 Å². The summed E-state index contributed by atoms with van der Waals surface area (Å²) in [7, 11) is 0. The van der Waals surface area contributed by atoms with Crippen LogP contribution in [-0.4, -0.2) is 45.3 Å². The number of hydrogen-bond acceptors (Lipinski definition) is 4. The van der Waals surface area contributed by atoms with Gasteiger partial charge in [0.25, 0.3) is 0 Å². The van der Waals surface area contributed by atoms with Crippen molar-refractivity contribution in [3.05, 3.63) is 95.7 Å². The molecule has 0 fully saturated rings. The van der Waals surface area contributed by atoms with Crippen molar-refractivity contribution in [2.75, 3.05) is 19.8 Å². The summed E-state index contributed by atoms with van der Waals surface area (Å²) in [6.45, 7) is 5.82. The zero-order valence-corrected chi connectivity index (χ0v) is 20.1. The molecule has 1 atom stereocenters. The Balaban J connectivity index is 1.39. The molecular weight excluding hydrogens is 464 g/mol. The number of benzene rings is 2. The number of H-pyrrole nitrogens is 1. The van der Waals surface area contributed by atoms with Crippen molar-refractivity contribution in [3.63, 3.8) is 0 Å². The van der Waals surface area contributed by atoms with E-state index >= 15 is 0 Å². The number of halogens is 1.